The highest BCUT2D eigenvalue weighted by Gasteiger charge is 2.38. The lowest BCUT2D eigenvalue weighted by Gasteiger charge is -2.36. The van der Waals surface area contributed by atoms with E-state index in [0.29, 0.717) is 12.1 Å². The summed E-state index contributed by atoms with van der Waals surface area (Å²) in [5.74, 6) is 1.64. The van der Waals surface area contributed by atoms with Gasteiger partial charge >= 0.3 is 0 Å². The second-order valence-electron chi connectivity index (χ2n) is 7.38. The van der Waals surface area contributed by atoms with Gasteiger partial charge in [0.05, 0.1) is 20.8 Å². The van der Waals surface area contributed by atoms with E-state index in [2.05, 4.69) is 56.0 Å². The van der Waals surface area contributed by atoms with Crippen molar-refractivity contribution < 1.29 is 20.1 Å². The molecule has 2 aromatic carbocycles. The molecular formula is C22H32N2O2+2. The number of fused-ring (bicyclic) bond motifs is 1. The molecule has 0 amide bonds. The molecule has 3 rings (SSSR count). The Morgan fingerprint density at radius 2 is 1.88 bits per heavy atom. The minimum absolute atomic E-state index is 0.368. The summed E-state index contributed by atoms with van der Waals surface area (Å²) in [5, 5.41) is 0. The van der Waals surface area contributed by atoms with Gasteiger partial charge in [0, 0.05) is 24.0 Å². The van der Waals surface area contributed by atoms with Gasteiger partial charge in [0.1, 0.15) is 12.6 Å². The zero-order valence-corrected chi connectivity index (χ0v) is 16.5. The molecule has 0 saturated carbocycles. The summed E-state index contributed by atoms with van der Waals surface area (Å²) in [6.45, 7) is 6.55. The lowest BCUT2D eigenvalue weighted by Crippen LogP contribution is -3.14. The zero-order chi connectivity index (χ0) is 18.7. The predicted octanol–water partition coefficient (Wildman–Crippen LogP) is 1.72. The molecule has 3 atom stereocenters. The third-order valence-electron chi connectivity index (χ3n) is 5.65. The van der Waals surface area contributed by atoms with Gasteiger partial charge < -0.3 is 20.1 Å². The molecule has 4 N–H and O–H groups in total. The second-order valence-corrected chi connectivity index (χ2v) is 7.38. The molecule has 26 heavy (non-hydrogen) atoms. The molecule has 140 valence electrons. The van der Waals surface area contributed by atoms with Crippen LogP contribution in [0.1, 0.15) is 41.6 Å². The Hall–Kier alpha value is -2.04. The van der Waals surface area contributed by atoms with Crippen LogP contribution in [0.3, 0.4) is 0 Å². The summed E-state index contributed by atoms with van der Waals surface area (Å²) >= 11 is 0. The fourth-order valence-electron chi connectivity index (χ4n) is 4.22. The number of aryl methyl sites for hydroxylation is 1. The highest BCUT2D eigenvalue weighted by atomic mass is 16.5. The van der Waals surface area contributed by atoms with Crippen molar-refractivity contribution in [1.82, 2.24) is 0 Å². The number of hydrogen-bond acceptors (Lipinski definition) is 2. The van der Waals surface area contributed by atoms with E-state index in [1.165, 1.54) is 22.3 Å². The summed E-state index contributed by atoms with van der Waals surface area (Å²) in [6.07, 6.45) is 2.12. The normalized spacial score (nSPS) is 20.3. The molecule has 1 unspecified atom stereocenters. The fraction of sp³-hybridized carbons (Fsp3) is 0.455. The van der Waals surface area contributed by atoms with Gasteiger partial charge in [-0.3, -0.25) is 0 Å². The van der Waals surface area contributed by atoms with E-state index in [4.69, 9.17) is 9.47 Å². The van der Waals surface area contributed by atoms with Crippen molar-refractivity contribution in [2.75, 3.05) is 20.8 Å². The molecule has 2 aromatic rings. The number of methoxy groups -OCH3 is 2. The lowest BCUT2D eigenvalue weighted by atomic mass is 9.86. The summed E-state index contributed by atoms with van der Waals surface area (Å²) in [4.78, 5) is 1.59. The molecule has 4 nitrogen and oxygen atoms in total. The van der Waals surface area contributed by atoms with Crippen LogP contribution in [0, 0.1) is 6.92 Å². The van der Waals surface area contributed by atoms with E-state index in [9.17, 15) is 0 Å². The maximum Gasteiger partial charge on any atom is 0.166 e. The summed E-state index contributed by atoms with van der Waals surface area (Å²) in [7, 11) is 3.41. The van der Waals surface area contributed by atoms with Crippen molar-refractivity contribution in [3.63, 3.8) is 0 Å². The highest BCUT2D eigenvalue weighted by molar-refractivity contribution is 5.49. The molecule has 1 aliphatic rings. The topological polar surface area (TPSA) is 50.5 Å². The van der Waals surface area contributed by atoms with Gasteiger partial charge in [0.15, 0.2) is 17.5 Å². The molecule has 0 aromatic heterocycles. The first-order valence-electron chi connectivity index (χ1n) is 9.55. The number of quaternary nitrogens is 2. The molecule has 1 heterocycles. The maximum absolute atomic E-state index is 5.58. The number of benzene rings is 2. The maximum atomic E-state index is 5.58. The van der Waals surface area contributed by atoms with E-state index in [0.717, 1.165) is 37.4 Å². The molecule has 0 bridgehead atoms. The molecule has 0 radical (unpaired) electrons. The van der Waals surface area contributed by atoms with Crippen molar-refractivity contribution in [2.24, 2.45) is 0 Å². The number of hydrogen-bond donors (Lipinski definition) is 2. The van der Waals surface area contributed by atoms with Crippen LogP contribution in [0.4, 0.5) is 0 Å². The van der Waals surface area contributed by atoms with Crippen molar-refractivity contribution in [1.29, 1.82) is 0 Å². The van der Waals surface area contributed by atoms with E-state index >= 15 is 0 Å². The van der Waals surface area contributed by atoms with E-state index in [1.807, 2.05) is 0 Å². The van der Waals surface area contributed by atoms with Gasteiger partial charge in [-0.05, 0) is 24.6 Å². The molecule has 0 aliphatic carbocycles. The quantitative estimate of drug-likeness (QED) is 0.828. The van der Waals surface area contributed by atoms with Crippen LogP contribution in [0.15, 0.2) is 36.4 Å². The molecule has 0 saturated heterocycles. The van der Waals surface area contributed by atoms with E-state index in [1.54, 1.807) is 19.1 Å². The van der Waals surface area contributed by atoms with Crippen LogP contribution in [0.2, 0.25) is 0 Å². The average Bonchev–Trinajstić information content (AvgIpc) is 2.66. The smallest absolute Gasteiger partial charge is 0.166 e. The fourth-order valence-corrected chi connectivity index (χ4v) is 4.22. The van der Waals surface area contributed by atoms with Gasteiger partial charge in [0.2, 0.25) is 0 Å². The Kier molecular flexibility index (Phi) is 5.84. The second kappa shape index (κ2) is 8.11. The van der Waals surface area contributed by atoms with Crippen LogP contribution >= 0.6 is 0 Å². The van der Waals surface area contributed by atoms with Crippen molar-refractivity contribution in [3.8, 4) is 11.5 Å². The number of nitrogens with one attached hydrogen (secondary N) is 1. The van der Waals surface area contributed by atoms with Crippen molar-refractivity contribution in [3.05, 3.63) is 58.7 Å². The SMILES string of the molecule is CC[C@@H]([NH3+])[C@H]1c2cc(OC)c(OC)cc2CC[NH+]1Cc1cccc(C)c1. The van der Waals surface area contributed by atoms with Gasteiger partial charge in [-0.2, -0.15) is 0 Å². The van der Waals surface area contributed by atoms with Gasteiger partial charge in [0.25, 0.3) is 0 Å². The van der Waals surface area contributed by atoms with Crippen LogP contribution < -0.4 is 20.1 Å². The predicted molar refractivity (Wildman–Crippen MR) is 104 cm³/mol. The Morgan fingerprint density at radius 3 is 2.54 bits per heavy atom. The molecular weight excluding hydrogens is 324 g/mol. The molecule has 0 spiro atoms. The molecule has 0 fully saturated rings. The lowest BCUT2D eigenvalue weighted by molar-refractivity contribution is -0.957. The minimum Gasteiger partial charge on any atom is -0.493 e. The van der Waals surface area contributed by atoms with Crippen LogP contribution in [-0.2, 0) is 13.0 Å². The largest absolute Gasteiger partial charge is 0.493 e. The van der Waals surface area contributed by atoms with Crippen molar-refractivity contribution in [2.45, 2.75) is 45.3 Å². The number of rotatable bonds is 6. The van der Waals surface area contributed by atoms with Gasteiger partial charge in [-0.15, -0.1) is 0 Å². The standard InChI is InChI=1S/C22H30N2O2/c1-5-19(23)22-18-13-21(26-4)20(25-3)12-17(18)9-10-24(22)14-16-8-6-7-15(2)11-16/h6-8,11-13,19,22H,5,9-10,14,23H2,1-4H3/p+2/t19-,22-/m1/s1. The Balaban J connectivity index is 1.98. The van der Waals surface area contributed by atoms with Crippen LogP contribution in [-0.4, -0.2) is 26.8 Å². The van der Waals surface area contributed by atoms with Crippen molar-refractivity contribution >= 4 is 0 Å². The van der Waals surface area contributed by atoms with Gasteiger partial charge in [-0.1, -0.05) is 36.8 Å². The zero-order valence-electron chi connectivity index (χ0n) is 16.5. The third kappa shape index (κ3) is 3.71. The van der Waals surface area contributed by atoms with E-state index < -0.39 is 0 Å². The Bertz CT molecular complexity index is 760. The van der Waals surface area contributed by atoms with Crippen LogP contribution in [0.25, 0.3) is 0 Å². The first-order valence-corrected chi connectivity index (χ1v) is 9.55. The Labute approximate surface area is 156 Å². The minimum atomic E-state index is 0.368. The van der Waals surface area contributed by atoms with Gasteiger partial charge in [-0.25, -0.2) is 0 Å². The van der Waals surface area contributed by atoms with E-state index in [-0.39, 0.29) is 0 Å². The third-order valence-corrected chi connectivity index (χ3v) is 5.65. The molecule has 4 heteroatoms. The average molecular weight is 357 g/mol. The monoisotopic (exact) mass is 356 g/mol. The number of ether oxygens (including phenoxy) is 2. The summed E-state index contributed by atoms with van der Waals surface area (Å²) in [5.41, 5.74) is 9.97. The summed E-state index contributed by atoms with van der Waals surface area (Å²) in [6, 6.07) is 14.0. The summed E-state index contributed by atoms with van der Waals surface area (Å²) < 4.78 is 11.1. The first-order chi connectivity index (χ1) is 12.6. The molecule has 1 aliphatic heterocycles. The Morgan fingerprint density at radius 1 is 1.15 bits per heavy atom. The highest BCUT2D eigenvalue weighted by Crippen LogP contribution is 2.35. The first kappa shape index (κ1) is 18.7. The van der Waals surface area contributed by atoms with Crippen LogP contribution in [0.5, 0.6) is 11.5 Å².